The van der Waals surface area contributed by atoms with Gasteiger partial charge in [-0.05, 0) is 128 Å². The van der Waals surface area contributed by atoms with Crippen LogP contribution < -0.4 is 5.32 Å². The molecule has 7 nitrogen and oxygen atoms in total. The molecule has 246 valence electrons. The van der Waals surface area contributed by atoms with Crippen molar-refractivity contribution < 1.29 is 15.0 Å². The molecule has 4 aliphatic carbocycles. The number of nitrogens with zero attached hydrogens (tertiary/aromatic N) is 3. The predicted molar refractivity (Wildman–Crippen MR) is 177 cm³/mol. The fraction of sp³-hybridized carbons (Fsp3) is 0.711. The van der Waals surface area contributed by atoms with Crippen molar-refractivity contribution in [2.45, 2.75) is 110 Å². The van der Waals surface area contributed by atoms with Crippen LogP contribution in [0.3, 0.4) is 0 Å². The largest absolute Gasteiger partial charge is 0.393 e. The zero-order valence-corrected chi connectivity index (χ0v) is 27.8. The molecule has 0 unspecified atom stereocenters. The van der Waals surface area contributed by atoms with Crippen molar-refractivity contribution >= 4 is 5.91 Å². The molecule has 0 bridgehead atoms. The molecule has 6 rings (SSSR count). The quantitative estimate of drug-likeness (QED) is 0.286. The first-order chi connectivity index (χ1) is 21.7. The highest BCUT2D eigenvalue weighted by atomic mass is 16.3. The van der Waals surface area contributed by atoms with Gasteiger partial charge < -0.3 is 15.5 Å². The molecule has 2 aromatic heterocycles. The van der Waals surface area contributed by atoms with E-state index in [4.69, 9.17) is 0 Å². The van der Waals surface area contributed by atoms with Crippen molar-refractivity contribution in [3.8, 4) is 0 Å². The fourth-order valence-corrected chi connectivity index (χ4v) is 10.8. The van der Waals surface area contributed by atoms with E-state index < -0.39 is 0 Å². The number of carbonyl (C=O) groups is 1. The summed E-state index contributed by atoms with van der Waals surface area (Å²) in [5.41, 5.74) is 2.53. The van der Waals surface area contributed by atoms with Crippen LogP contribution >= 0.6 is 0 Å². The summed E-state index contributed by atoms with van der Waals surface area (Å²) in [5, 5.41) is 25.1. The van der Waals surface area contributed by atoms with Crippen LogP contribution in [0.5, 0.6) is 0 Å². The Hall–Kier alpha value is -2.35. The van der Waals surface area contributed by atoms with Gasteiger partial charge in [0, 0.05) is 45.0 Å². The number of fused-ring (bicyclic) bond motifs is 5. The van der Waals surface area contributed by atoms with Gasteiger partial charge in [0.1, 0.15) is 0 Å². The normalized spacial score (nSPS) is 36.5. The number of amides is 1. The van der Waals surface area contributed by atoms with E-state index in [2.05, 4.69) is 41.0 Å². The summed E-state index contributed by atoms with van der Waals surface area (Å²) < 4.78 is 0. The van der Waals surface area contributed by atoms with Gasteiger partial charge in [0.15, 0.2) is 0 Å². The number of aliphatic hydroxyl groups is 2. The minimum absolute atomic E-state index is 0.141. The Balaban J connectivity index is 1.01. The second-order valence-electron chi connectivity index (χ2n) is 15.7. The Morgan fingerprint density at radius 3 is 2.27 bits per heavy atom. The number of nitrogens with one attached hydrogen (secondary N) is 1. The Labute approximate surface area is 270 Å². The van der Waals surface area contributed by atoms with E-state index in [-0.39, 0.29) is 28.9 Å². The van der Waals surface area contributed by atoms with E-state index in [0.29, 0.717) is 61.6 Å². The molecular formula is C38H56N4O3. The molecule has 2 heterocycles. The van der Waals surface area contributed by atoms with Crippen molar-refractivity contribution in [2.24, 2.45) is 46.3 Å². The number of hydrogen-bond donors (Lipinski definition) is 3. The van der Waals surface area contributed by atoms with Crippen LogP contribution in [0.15, 0.2) is 48.8 Å². The summed E-state index contributed by atoms with van der Waals surface area (Å²) in [5.74, 6) is 3.22. The van der Waals surface area contributed by atoms with Crippen LogP contribution in [0.4, 0.5) is 0 Å². The molecule has 4 aliphatic rings. The summed E-state index contributed by atoms with van der Waals surface area (Å²) >= 11 is 0. The smallest absolute Gasteiger partial charge is 0.220 e. The zero-order chi connectivity index (χ0) is 31.6. The van der Waals surface area contributed by atoms with Crippen molar-refractivity contribution in [1.82, 2.24) is 20.2 Å². The summed E-state index contributed by atoms with van der Waals surface area (Å²) in [6.45, 7) is 10.1. The van der Waals surface area contributed by atoms with Gasteiger partial charge in [-0.1, -0.05) is 32.9 Å². The van der Waals surface area contributed by atoms with E-state index in [1.807, 2.05) is 48.8 Å². The minimum atomic E-state index is -0.238. The lowest BCUT2D eigenvalue weighted by Crippen LogP contribution is -2.58. The van der Waals surface area contributed by atoms with Gasteiger partial charge in [-0.3, -0.25) is 19.7 Å². The summed E-state index contributed by atoms with van der Waals surface area (Å²) in [7, 11) is 0. The molecule has 45 heavy (non-hydrogen) atoms. The number of pyridine rings is 2. The second kappa shape index (κ2) is 13.8. The molecule has 0 spiro atoms. The van der Waals surface area contributed by atoms with Crippen LogP contribution in [0.2, 0.25) is 0 Å². The standard InChI is InChI=1S/C38H56N4O3/c1-26(10-13-35(45)41-20-21-42(24-28-8-4-6-18-39-28)25-29-9-5-7-19-40-29)31-11-12-32-36-33(15-17-38(31,32)3)37(2)16-14-30(43)22-27(37)23-34(36)44/h4-9,18-19,26-27,30-34,36,43-44H,10-17,20-25H2,1-3H3,(H,41,45)/t26-,27+,30-,31-,32+,33+,34-,36+,37+,38-/m1/s1. The number of aromatic nitrogens is 2. The first-order valence-electron chi connectivity index (χ1n) is 17.8. The van der Waals surface area contributed by atoms with E-state index in [0.717, 1.165) is 50.0 Å². The molecule has 2 aromatic rings. The molecule has 4 saturated carbocycles. The SMILES string of the molecule is C[C@H](CCC(=O)NCCN(Cc1ccccn1)Cc1ccccn1)[C@H]1CC[C@H]2[C@@H]3[C@H](O)C[C@@H]4C[C@H](O)CC[C@]4(C)[C@H]3CC[C@]12C. The average Bonchev–Trinajstić information content (AvgIpc) is 3.39. The topological polar surface area (TPSA) is 98.6 Å². The van der Waals surface area contributed by atoms with Gasteiger partial charge in [0.05, 0.1) is 23.6 Å². The van der Waals surface area contributed by atoms with Crippen LogP contribution in [-0.2, 0) is 17.9 Å². The van der Waals surface area contributed by atoms with E-state index >= 15 is 0 Å². The van der Waals surface area contributed by atoms with Crippen molar-refractivity contribution in [2.75, 3.05) is 13.1 Å². The molecule has 0 saturated heterocycles. The van der Waals surface area contributed by atoms with Crippen LogP contribution in [0.25, 0.3) is 0 Å². The van der Waals surface area contributed by atoms with Crippen LogP contribution in [0, 0.1) is 46.3 Å². The Bertz CT molecular complexity index is 1220. The highest BCUT2D eigenvalue weighted by Crippen LogP contribution is 2.68. The van der Waals surface area contributed by atoms with Gasteiger partial charge in [0.25, 0.3) is 0 Å². The van der Waals surface area contributed by atoms with Gasteiger partial charge in [-0.2, -0.15) is 0 Å². The maximum Gasteiger partial charge on any atom is 0.220 e. The first-order valence-corrected chi connectivity index (χ1v) is 17.8. The maximum absolute atomic E-state index is 13.0. The molecule has 10 atom stereocenters. The van der Waals surface area contributed by atoms with E-state index in [1.54, 1.807) is 0 Å². The van der Waals surface area contributed by atoms with E-state index in [1.165, 1.54) is 25.7 Å². The van der Waals surface area contributed by atoms with Gasteiger partial charge in [-0.15, -0.1) is 0 Å². The summed E-state index contributed by atoms with van der Waals surface area (Å²) in [6.07, 6.45) is 13.3. The van der Waals surface area contributed by atoms with Crippen LogP contribution in [0.1, 0.15) is 96.4 Å². The van der Waals surface area contributed by atoms with Gasteiger partial charge >= 0.3 is 0 Å². The monoisotopic (exact) mass is 616 g/mol. The Kier molecular flexibility index (Phi) is 9.98. The third kappa shape index (κ3) is 6.87. The van der Waals surface area contributed by atoms with Crippen LogP contribution in [-0.4, -0.2) is 56.3 Å². The third-order valence-corrected chi connectivity index (χ3v) is 13.2. The molecule has 7 heteroatoms. The molecule has 1 amide bonds. The molecule has 0 aliphatic heterocycles. The lowest BCUT2D eigenvalue weighted by Gasteiger charge is -2.62. The Morgan fingerprint density at radius 2 is 1.60 bits per heavy atom. The number of rotatable bonds is 11. The highest BCUT2D eigenvalue weighted by molar-refractivity contribution is 5.75. The van der Waals surface area contributed by atoms with E-state index in [9.17, 15) is 15.0 Å². The minimum Gasteiger partial charge on any atom is -0.393 e. The molecule has 3 N–H and O–H groups in total. The molecule has 0 aromatic carbocycles. The van der Waals surface area contributed by atoms with Gasteiger partial charge in [0.2, 0.25) is 5.91 Å². The lowest BCUT2D eigenvalue weighted by molar-refractivity contribution is -0.174. The fourth-order valence-electron chi connectivity index (χ4n) is 10.8. The average molecular weight is 617 g/mol. The Morgan fingerprint density at radius 1 is 0.933 bits per heavy atom. The number of hydrogen-bond acceptors (Lipinski definition) is 6. The second-order valence-corrected chi connectivity index (χ2v) is 15.7. The molecular weight excluding hydrogens is 560 g/mol. The predicted octanol–water partition coefficient (Wildman–Crippen LogP) is 6.00. The lowest BCUT2D eigenvalue weighted by atomic mass is 9.43. The van der Waals surface area contributed by atoms with Crippen molar-refractivity contribution in [3.63, 3.8) is 0 Å². The number of aliphatic hydroxyl groups excluding tert-OH is 2. The molecule has 0 radical (unpaired) electrons. The third-order valence-electron chi connectivity index (χ3n) is 13.2. The number of carbonyl (C=O) groups excluding carboxylic acids is 1. The van der Waals surface area contributed by atoms with Crippen molar-refractivity contribution in [1.29, 1.82) is 0 Å². The van der Waals surface area contributed by atoms with Crippen molar-refractivity contribution in [3.05, 3.63) is 60.2 Å². The summed E-state index contributed by atoms with van der Waals surface area (Å²) in [6, 6.07) is 12.0. The first kappa shape index (κ1) is 32.6. The highest BCUT2D eigenvalue weighted by Gasteiger charge is 2.62. The van der Waals surface area contributed by atoms with Gasteiger partial charge in [-0.25, -0.2) is 0 Å². The maximum atomic E-state index is 13.0. The summed E-state index contributed by atoms with van der Waals surface area (Å²) in [4.78, 5) is 24.3. The zero-order valence-electron chi connectivity index (χ0n) is 27.8. The molecule has 4 fully saturated rings.